The molecule has 1 saturated heterocycles. The van der Waals surface area contributed by atoms with Crippen LogP contribution < -0.4 is 10.1 Å². The predicted octanol–water partition coefficient (Wildman–Crippen LogP) is 4.79. The molecule has 2 heterocycles. The van der Waals surface area contributed by atoms with Gasteiger partial charge in [-0.1, -0.05) is 30.3 Å². The molecule has 0 radical (unpaired) electrons. The monoisotopic (exact) mass is 388 g/mol. The van der Waals surface area contributed by atoms with Gasteiger partial charge in [0.1, 0.15) is 6.10 Å². The first-order valence-corrected chi connectivity index (χ1v) is 10.6. The number of hydrogen-bond donors (Lipinski definition) is 1. The van der Waals surface area contributed by atoms with E-state index in [0.717, 1.165) is 30.0 Å². The van der Waals surface area contributed by atoms with Crippen LogP contribution in [0.15, 0.2) is 60.8 Å². The summed E-state index contributed by atoms with van der Waals surface area (Å²) in [5, 5.41) is 2.98. The maximum Gasteiger partial charge on any atom is 0.257 e. The van der Waals surface area contributed by atoms with E-state index in [1.165, 1.54) is 22.3 Å². The quantitative estimate of drug-likeness (QED) is 0.546. The second-order valence-electron chi connectivity index (χ2n) is 7.15. The largest absolute Gasteiger partial charge is 0.473 e. The van der Waals surface area contributed by atoms with Gasteiger partial charge in [0.05, 0.1) is 5.56 Å². The van der Waals surface area contributed by atoms with Crippen molar-refractivity contribution in [3.05, 3.63) is 77.5 Å². The molecule has 5 rings (SSSR count). The van der Waals surface area contributed by atoms with E-state index in [-0.39, 0.29) is 12.0 Å². The molecule has 5 heteroatoms. The van der Waals surface area contributed by atoms with Crippen molar-refractivity contribution in [3.8, 4) is 17.0 Å². The number of carbonyl (C=O) groups excluding carboxylic acids is 1. The number of anilines is 1. The first kappa shape index (κ1) is 17.3. The zero-order chi connectivity index (χ0) is 18.9. The highest BCUT2D eigenvalue weighted by Crippen LogP contribution is 2.37. The molecule has 4 nitrogen and oxygen atoms in total. The molecule has 1 atom stereocenters. The molecule has 2 aliphatic rings. The van der Waals surface area contributed by atoms with Crippen LogP contribution in [0.1, 0.15) is 27.9 Å². The fourth-order valence-corrected chi connectivity index (χ4v) is 4.88. The number of rotatable bonds is 4. The van der Waals surface area contributed by atoms with Crippen molar-refractivity contribution in [2.45, 2.75) is 18.9 Å². The van der Waals surface area contributed by atoms with E-state index in [1.807, 2.05) is 17.8 Å². The van der Waals surface area contributed by atoms with Crippen LogP contribution in [0, 0.1) is 0 Å². The van der Waals surface area contributed by atoms with Gasteiger partial charge < -0.3 is 10.1 Å². The van der Waals surface area contributed by atoms with Crippen LogP contribution in [-0.4, -0.2) is 28.5 Å². The number of fused-ring (bicyclic) bond motifs is 3. The van der Waals surface area contributed by atoms with E-state index >= 15 is 0 Å². The molecule has 1 aliphatic heterocycles. The van der Waals surface area contributed by atoms with Crippen molar-refractivity contribution < 1.29 is 9.53 Å². The summed E-state index contributed by atoms with van der Waals surface area (Å²) in [6.07, 6.45) is 3.77. The Labute approximate surface area is 168 Å². The molecule has 1 unspecified atom stereocenters. The van der Waals surface area contributed by atoms with Gasteiger partial charge in [0.15, 0.2) is 0 Å². The van der Waals surface area contributed by atoms with E-state index in [0.29, 0.717) is 11.4 Å². The van der Waals surface area contributed by atoms with Crippen LogP contribution >= 0.6 is 11.8 Å². The molecule has 1 aromatic heterocycles. The highest BCUT2D eigenvalue weighted by atomic mass is 32.2. The molecule has 0 spiro atoms. The molecule has 0 bridgehead atoms. The number of benzene rings is 2. The van der Waals surface area contributed by atoms with E-state index < -0.39 is 0 Å². The molecule has 1 aliphatic carbocycles. The van der Waals surface area contributed by atoms with Gasteiger partial charge in [-0.3, -0.25) is 4.79 Å². The number of ether oxygens (including phenoxy) is 1. The van der Waals surface area contributed by atoms with Crippen molar-refractivity contribution in [1.29, 1.82) is 0 Å². The number of aromatic nitrogens is 1. The number of hydrogen-bond acceptors (Lipinski definition) is 4. The molecular formula is C23H20N2O2S. The molecule has 140 valence electrons. The molecule has 3 aromatic rings. The van der Waals surface area contributed by atoms with Crippen molar-refractivity contribution in [2.24, 2.45) is 0 Å². The summed E-state index contributed by atoms with van der Waals surface area (Å²) in [6, 6.07) is 18.1. The molecule has 2 aromatic carbocycles. The number of thioether (sulfide) groups is 1. The number of pyridine rings is 1. The Morgan fingerprint density at radius 2 is 1.96 bits per heavy atom. The second kappa shape index (κ2) is 7.32. The van der Waals surface area contributed by atoms with Gasteiger partial charge in [-0.15, -0.1) is 0 Å². The molecule has 1 amide bonds. The number of carbonyl (C=O) groups is 1. The van der Waals surface area contributed by atoms with Crippen LogP contribution in [0.25, 0.3) is 11.1 Å². The van der Waals surface area contributed by atoms with Gasteiger partial charge in [0.2, 0.25) is 5.88 Å². The van der Waals surface area contributed by atoms with E-state index in [4.69, 9.17) is 4.74 Å². The Hall–Kier alpha value is -2.79. The standard InChI is InChI=1S/C23H20N2O2S/c26-23(16-5-8-22(24-13-16)27-19-9-10-28-14-19)25-18-6-7-21-17(12-18)11-15-3-1-2-4-20(15)21/h1-8,12-13,19H,9-11,14H2,(H,25,26). The first-order valence-electron chi connectivity index (χ1n) is 9.49. The van der Waals surface area contributed by atoms with Gasteiger partial charge in [-0.25, -0.2) is 4.98 Å². The Kier molecular flexibility index (Phi) is 4.53. The molecule has 1 fully saturated rings. The van der Waals surface area contributed by atoms with Crippen LogP contribution in [0.4, 0.5) is 5.69 Å². The summed E-state index contributed by atoms with van der Waals surface area (Å²) in [6.45, 7) is 0. The zero-order valence-corrected chi connectivity index (χ0v) is 16.2. The minimum atomic E-state index is -0.161. The third kappa shape index (κ3) is 3.38. The SMILES string of the molecule is O=C(Nc1ccc2c(c1)Cc1ccccc1-2)c1ccc(OC2CCSC2)nc1. The van der Waals surface area contributed by atoms with Crippen LogP contribution in [0.3, 0.4) is 0 Å². The summed E-state index contributed by atoms with van der Waals surface area (Å²) < 4.78 is 5.85. The van der Waals surface area contributed by atoms with Crippen molar-refractivity contribution >= 4 is 23.4 Å². The fourth-order valence-electron chi connectivity index (χ4n) is 3.79. The Morgan fingerprint density at radius 3 is 2.79 bits per heavy atom. The topological polar surface area (TPSA) is 51.2 Å². The minimum Gasteiger partial charge on any atom is -0.473 e. The minimum absolute atomic E-state index is 0.161. The highest BCUT2D eigenvalue weighted by molar-refractivity contribution is 7.99. The summed E-state index contributed by atoms with van der Waals surface area (Å²) >= 11 is 1.90. The maximum absolute atomic E-state index is 12.6. The summed E-state index contributed by atoms with van der Waals surface area (Å²) in [5.41, 5.74) is 6.45. The third-order valence-corrected chi connectivity index (χ3v) is 6.36. The lowest BCUT2D eigenvalue weighted by atomic mass is 10.1. The van der Waals surface area contributed by atoms with Crippen molar-refractivity contribution in [1.82, 2.24) is 4.98 Å². The summed E-state index contributed by atoms with van der Waals surface area (Å²) in [7, 11) is 0. The van der Waals surface area contributed by atoms with E-state index in [9.17, 15) is 4.79 Å². The first-order chi connectivity index (χ1) is 13.8. The van der Waals surface area contributed by atoms with Gasteiger partial charge >= 0.3 is 0 Å². The van der Waals surface area contributed by atoms with Gasteiger partial charge in [-0.2, -0.15) is 11.8 Å². The van der Waals surface area contributed by atoms with Crippen molar-refractivity contribution in [2.75, 3.05) is 16.8 Å². The van der Waals surface area contributed by atoms with Crippen LogP contribution in [0.5, 0.6) is 5.88 Å². The average molecular weight is 388 g/mol. The normalized spacial score (nSPS) is 17.1. The zero-order valence-electron chi connectivity index (χ0n) is 15.4. The fraction of sp³-hybridized carbons (Fsp3) is 0.217. The van der Waals surface area contributed by atoms with E-state index in [2.05, 4.69) is 46.7 Å². The van der Waals surface area contributed by atoms with Crippen LogP contribution in [0.2, 0.25) is 0 Å². The second-order valence-corrected chi connectivity index (χ2v) is 8.30. The lowest BCUT2D eigenvalue weighted by Gasteiger charge is -2.12. The van der Waals surface area contributed by atoms with Gasteiger partial charge in [-0.05, 0) is 59.0 Å². The Morgan fingerprint density at radius 1 is 1.07 bits per heavy atom. The smallest absolute Gasteiger partial charge is 0.257 e. The maximum atomic E-state index is 12.6. The molecular weight excluding hydrogens is 368 g/mol. The molecule has 28 heavy (non-hydrogen) atoms. The highest BCUT2D eigenvalue weighted by Gasteiger charge is 2.19. The number of nitrogens with zero attached hydrogens (tertiary/aromatic N) is 1. The van der Waals surface area contributed by atoms with Crippen molar-refractivity contribution in [3.63, 3.8) is 0 Å². The average Bonchev–Trinajstić information content (AvgIpc) is 3.35. The van der Waals surface area contributed by atoms with Crippen LogP contribution in [-0.2, 0) is 6.42 Å². The van der Waals surface area contributed by atoms with Gasteiger partial charge in [0.25, 0.3) is 5.91 Å². The number of nitrogens with one attached hydrogen (secondary N) is 1. The van der Waals surface area contributed by atoms with Gasteiger partial charge in [0, 0.05) is 23.7 Å². The third-order valence-electron chi connectivity index (χ3n) is 5.23. The Balaban J connectivity index is 1.27. The summed E-state index contributed by atoms with van der Waals surface area (Å²) in [4.78, 5) is 16.9. The molecule has 0 saturated carbocycles. The molecule has 1 N–H and O–H groups in total. The Bertz CT molecular complexity index is 1030. The van der Waals surface area contributed by atoms with E-state index in [1.54, 1.807) is 18.3 Å². The lowest BCUT2D eigenvalue weighted by molar-refractivity contribution is 0.102. The summed E-state index contributed by atoms with van der Waals surface area (Å²) in [5.74, 6) is 2.56. The lowest BCUT2D eigenvalue weighted by Crippen LogP contribution is -2.16. The number of amides is 1. The predicted molar refractivity (Wildman–Crippen MR) is 113 cm³/mol.